The van der Waals surface area contributed by atoms with Crippen molar-refractivity contribution in [1.82, 2.24) is 10.6 Å². The second kappa shape index (κ2) is 8.87. The van der Waals surface area contributed by atoms with E-state index in [2.05, 4.69) is 10.6 Å². The van der Waals surface area contributed by atoms with Crippen LogP contribution in [-0.4, -0.2) is 43.4 Å². The molecule has 0 saturated heterocycles. The van der Waals surface area contributed by atoms with Gasteiger partial charge in [-0.05, 0) is 19.3 Å². The summed E-state index contributed by atoms with van der Waals surface area (Å²) in [5.74, 6) is -0.798. The Morgan fingerprint density at radius 3 is 2.33 bits per heavy atom. The zero-order valence-corrected chi connectivity index (χ0v) is 13.1. The van der Waals surface area contributed by atoms with Crippen molar-refractivity contribution in [3.8, 4) is 0 Å². The summed E-state index contributed by atoms with van der Waals surface area (Å²) >= 11 is 0. The van der Waals surface area contributed by atoms with Crippen LogP contribution in [0.5, 0.6) is 0 Å². The molecule has 1 unspecified atom stereocenters. The predicted octanol–water partition coefficient (Wildman–Crippen LogP) is 2.14. The number of carboxylic acid groups (broad SMARTS) is 1. The van der Waals surface area contributed by atoms with Crippen molar-refractivity contribution in [1.29, 1.82) is 0 Å². The van der Waals surface area contributed by atoms with Crippen LogP contribution in [0.1, 0.15) is 51.9 Å². The summed E-state index contributed by atoms with van der Waals surface area (Å²) in [6, 6.07) is -0.367. The Hall–Kier alpha value is -1.30. The summed E-state index contributed by atoms with van der Waals surface area (Å²) in [6.07, 6.45) is 6.02. The van der Waals surface area contributed by atoms with E-state index in [1.807, 2.05) is 6.92 Å². The molecule has 1 aliphatic carbocycles. The van der Waals surface area contributed by atoms with Crippen molar-refractivity contribution >= 4 is 12.0 Å². The quantitative estimate of drug-likeness (QED) is 0.629. The number of hydrogen-bond donors (Lipinski definition) is 3. The summed E-state index contributed by atoms with van der Waals surface area (Å²) in [5, 5.41) is 15.1. The van der Waals surface area contributed by atoms with E-state index in [1.54, 1.807) is 7.11 Å². The molecule has 1 fully saturated rings. The van der Waals surface area contributed by atoms with Crippen LogP contribution in [0.4, 0.5) is 4.79 Å². The van der Waals surface area contributed by atoms with Crippen LogP contribution in [0, 0.1) is 5.41 Å². The molecule has 1 rings (SSSR count). The van der Waals surface area contributed by atoms with E-state index in [9.17, 15) is 14.7 Å². The number of carbonyl (C=O) groups is 2. The summed E-state index contributed by atoms with van der Waals surface area (Å²) in [6.45, 7) is 2.61. The molecule has 1 saturated carbocycles. The zero-order valence-electron chi connectivity index (χ0n) is 13.1. The lowest BCUT2D eigenvalue weighted by Crippen LogP contribution is -2.49. The summed E-state index contributed by atoms with van der Waals surface area (Å²) in [4.78, 5) is 23.5. The number of nitrogens with one attached hydrogen (secondary N) is 2. The maximum atomic E-state index is 11.9. The average Bonchev–Trinajstić information content (AvgIpc) is 2.71. The number of hydrogen-bond acceptors (Lipinski definition) is 3. The molecule has 0 aliphatic heterocycles. The molecule has 122 valence electrons. The van der Waals surface area contributed by atoms with Gasteiger partial charge in [0.05, 0.1) is 18.1 Å². The maximum absolute atomic E-state index is 11.9. The first-order chi connectivity index (χ1) is 10.0. The van der Waals surface area contributed by atoms with Crippen LogP contribution in [0.25, 0.3) is 0 Å². The fourth-order valence-corrected chi connectivity index (χ4v) is 2.82. The highest BCUT2D eigenvalue weighted by Crippen LogP contribution is 2.34. The lowest BCUT2D eigenvalue weighted by Gasteiger charge is -2.28. The molecule has 0 aromatic rings. The van der Waals surface area contributed by atoms with Gasteiger partial charge < -0.3 is 20.5 Å². The third-order valence-corrected chi connectivity index (χ3v) is 4.30. The van der Waals surface area contributed by atoms with E-state index in [4.69, 9.17) is 4.74 Å². The Morgan fingerprint density at radius 2 is 1.86 bits per heavy atom. The molecule has 6 heteroatoms. The SMILES string of the molecule is CCC(COC)NC(=O)NCC1(C(=O)O)CCCCCC1. The Kier molecular flexibility index (Phi) is 7.50. The normalized spacial score (nSPS) is 19.3. The number of methoxy groups -OCH3 is 1. The highest BCUT2D eigenvalue weighted by Gasteiger charge is 2.38. The predicted molar refractivity (Wildman–Crippen MR) is 80.3 cm³/mol. The molecule has 21 heavy (non-hydrogen) atoms. The number of carbonyl (C=O) groups excluding carboxylic acids is 1. The topological polar surface area (TPSA) is 87.7 Å². The minimum Gasteiger partial charge on any atom is -0.481 e. The highest BCUT2D eigenvalue weighted by molar-refractivity contribution is 5.78. The van der Waals surface area contributed by atoms with Crippen LogP contribution < -0.4 is 10.6 Å². The molecule has 0 aromatic carbocycles. The van der Waals surface area contributed by atoms with Crippen LogP contribution in [0.2, 0.25) is 0 Å². The van der Waals surface area contributed by atoms with Crippen molar-refractivity contribution in [2.24, 2.45) is 5.41 Å². The third kappa shape index (κ3) is 5.53. The van der Waals surface area contributed by atoms with E-state index in [0.29, 0.717) is 19.4 Å². The number of amides is 2. The zero-order chi connectivity index (χ0) is 15.7. The van der Waals surface area contributed by atoms with Gasteiger partial charge in [-0.25, -0.2) is 4.79 Å². The minimum absolute atomic E-state index is 0.0510. The second-order valence-corrected chi connectivity index (χ2v) is 5.89. The van der Waals surface area contributed by atoms with Crippen molar-refractivity contribution in [3.63, 3.8) is 0 Å². The van der Waals surface area contributed by atoms with E-state index >= 15 is 0 Å². The molecule has 6 nitrogen and oxygen atoms in total. The molecule has 2 amide bonds. The smallest absolute Gasteiger partial charge is 0.315 e. The first-order valence-electron chi connectivity index (χ1n) is 7.81. The van der Waals surface area contributed by atoms with E-state index in [-0.39, 0.29) is 18.6 Å². The van der Waals surface area contributed by atoms with Crippen LogP contribution in [0.3, 0.4) is 0 Å². The van der Waals surface area contributed by atoms with Crippen molar-refractivity contribution < 1.29 is 19.4 Å². The maximum Gasteiger partial charge on any atom is 0.315 e. The largest absolute Gasteiger partial charge is 0.481 e. The number of carboxylic acids is 1. The van der Waals surface area contributed by atoms with Gasteiger partial charge in [-0.2, -0.15) is 0 Å². The van der Waals surface area contributed by atoms with E-state index in [1.165, 1.54) is 0 Å². The van der Waals surface area contributed by atoms with E-state index in [0.717, 1.165) is 32.1 Å². The number of urea groups is 1. The number of ether oxygens (including phenoxy) is 1. The summed E-state index contributed by atoms with van der Waals surface area (Å²) in [5.41, 5.74) is -0.809. The summed E-state index contributed by atoms with van der Waals surface area (Å²) in [7, 11) is 1.59. The monoisotopic (exact) mass is 300 g/mol. The molecule has 0 aromatic heterocycles. The van der Waals surface area contributed by atoms with Crippen LogP contribution >= 0.6 is 0 Å². The molecule has 1 aliphatic rings. The Morgan fingerprint density at radius 1 is 1.24 bits per heavy atom. The van der Waals surface area contributed by atoms with Gasteiger partial charge in [-0.1, -0.05) is 32.6 Å². The molecule has 0 heterocycles. The number of aliphatic carboxylic acids is 1. The van der Waals surface area contributed by atoms with Gasteiger partial charge in [-0.15, -0.1) is 0 Å². The summed E-state index contributed by atoms with van der Waals surface area (Å²) < 4.78 is 5.03. The Balaban J connectivity index is 2.52. The van der Waals surface area contributed by atoms with Gasteiger partial charge in [0.2, 0.25) is 0 Å². The van der Waals surface area contributed by atoms with Gasteiger partial charge in [0, 0.05) is 13.7 Å². The molecule has 0 spiro atoms. The molecular weight excluding hydrogens is 272 g/mol. The minimum atomic E-state index is -0.809. The standard InChI is InChI=1S/C15H28N2O4/c1-3-12(10-21-2)17-14(20)16-11-15(13(18)19)8-6-4-5-7-9-15/h12H,3-11H2,1-2H3,(H,18,19)(H2,16,17,20). The fraction of sp³-hybridized carbons (Fsp3) is 0.867. The van der Waals surface area contributed by atoms with Crippen molar-refractivity contribution in [3.05, 3.63) is 0 Å². The second-order valence-electron chi connectivity index (χ2n) is 5.89. The molecular formula is C15H28N2O4. The molecule has 3 N–H and O–H groups in total. The molecule has 0 radical (unpaired) electrons. The molecule has 0 bridgehead atoms. The van der Waals surface area contributed by atoms with Gasteiger partial charge in [0.15, 0.2) is 0 Å². The Labute approximate surface area is 126 Å². The lowest BCUT2D eigenvalue weighted by molar-refractivity contribution is -0.149. The van der Waals surface area contributed by atoms with Crippen LogP contribution in [0.15, 0.2) is 0 Å². The lowest BCUT2D eigenvalue weighted by atomic mass is 9.80. The van der Waals surface area contributed by atoms with Crippen molar-refractivity contribution in [2.45, 2.75) is 57.9 Å². The third-order valence-electron chi connectivity index (χ3n) is 4.30. The Bertz CT molecular complexity index is 339. The highest BCUT2D eigenvalue weighted by atomic mass is 16.5. The molecule has 1 atom stereocenters. The van der Waals surface area contributed by atoms with Gasteiger partial charge >= 0.3 is 12.0 Å². The van der Waals surface area contributed by atoms with Gasteiger partial charge in [-0.3, -0.25) is 4.79 Å². The number of rotatable bonds is 7. The van der Waals surface area contributed by atoms with Gasteiger partial charge in [0.1, 0.15) is 0 Å². The van der Waals surface area contributed by atoms with Crippen LogP contribution in [-0.2, 0) is 9.53 Å². The van der Waals surface area contributed by atoms with Crippen molar-refractivity contribution in [2.75, 3.05) is 20.3 Å². The fourth-order valence-electron chi connectivity index (χ4n) is 2.82. The first-order valence-corrected chi connectivity index (χ1v) is 7.81. The van der Waals surface area contributed by atoms with E-state index < -0.39 is 11.4 Å². The van der Waals surface area contributed by atoms with Gasteiger partial charge in [0.25, 0.3) is 0 Å². The first kappa shape index (κ1) is 17.8. The average molecular weight is 300 g/mol.